The second kappa shape index (κ2) is 9.24. The molecule has 6 nitrogen and oxygen atoms in total. The Balaban J connectivity index is 1.56. The molecule has 1 fully saturated rings. The van der Waals surface area contributed by atoms with E-state index in [4.69, 9.17) is 0 Å². The monoisotopic (exact) mass is 433 g/mol. The highest BCUT2D eigenvalue weighted by Crippen LogP contribution is 2.22. The number of likely N-dealkylation sites (N-methyl/N-ethyl adjacent to an activating group) is 1. The molecular formula is C22H28FN3O3S. The van der Waals surface area contributed by atoms with Crippen LogP contribution in [0.5, 0.6) is 0 Å². The Bertz CT molecular complexity index is 1020. The topological polar surface area (TPSA) is 60.9 Å². The van der Waals surface area contributed by atoms with E-state index < -0.39 is 10.0 Å². The van der Waals surface area contributed by atoms with Gasteiger partial charge in [0.05, 0.1) is 11.4 Å². The van der Waals surface area contributed by atoms with Crippen molar-refractivity contribution in [1.82, 2.24) is 14.1 Å². The number of aryl methyl sites for hydroxylation is 2. The van der Waals surface area contributed by atoms with Gasteiger partial charge >= 0.3 is 0 Å². The third-order valence-electron chi connectivity index (χ3n) is 5.43. The van der Waals surface area contributed by atoms with Gasteiger partial charge in [-0.15, -0.1) is 0 Å². The highest BCUT2D eigenvalue weighted by Gasteiger charge is 2.30. The molecule has 0 atom stereocenters. The second-order valence-corrected chi connectivity index (χ2v) is 9.70. The molecule has 0 N–H and O–H groups in total. The summed E-state index contributed by atoms with van der Waals surface area (Å²) in [6.45, 7) is 5.74. The molecule has 1 amide bonds. The van der Waals surface area contributed by atoms with Crippen molar-refractivity contribution < 1.29 is 17.6 Å². The molecule has 2 aromatic rings. The third kappa shape index (κ3) is 5.06. The molecule has 0 unspecified atom stereocenters. The van der Waals surface area contributed by atoms with E-state index in [0.717, 1.165) is 11.1 Å². The lowest BCUT2D eigenvalue weighted by atomic mass is 10.2. The van der Waals surface area contributed by atoms with Crippen molar-refractivity contribution in [3.8, 4) is 0 Å². The predicted molar refractivity (Wildman–Crippen MR) is 114 cm³/mol. The standard InChI is InChI=1S/C22H28FN3O3S/c1-17-8-9-21(18(2)14-17)30(28,29)26-12-10-25(11-13-26)16-22(27)24(3)15-19-6-4-5-7-20(19)23/h4-9,14H,10-13,15-16H2,1-3H3. The summed E-state index contributed by atoms with van der Waals surface area (Å²) < 4.78 is 41.3. The molecule has 0 radical (unpaired) electrons. The number of carbonyl (C=O) groups excluding carboxylic acids is 1. The predicted octanol–water partition coefficient (Wildman–Crippen LogP) is 2.41. The number of hydrogen-bond donors (Lipinski definition) is 0. The molecule has 3 rings (SSSR count). The molecule has 0 aliphatic carbocycles. The minimum atomic E-state index is -3.55. The maximum absolute atomic E-state index is 13.8. The molecule has 1 aliphatic heterocycles. The Labute approximate surface area is 177 Å². The first-order chi connectivity index (χ1) is 14.2. The molecule has 0 bridgehead atoms. The number of nitrogens with zero attached hydrogens (tertiary/aromatic N) is 3. The summed E-state index contributed by atoms with van der Waals surface area (Å²) in [4.78, 5) is 16.3. The molecule has 1 saturated heterocycles. The van der Waals surface area contributed by atoms with Gasteiger partial charge in [0.1, 0.15) is 5.82 Å². The van der Waals surface area contributed by atoms with E-state index in [1.807, 2.05) is 17.9 Å². The van der Waals surface area contributed by atoms with E-state index in [2.05, 4.69) is 0 Å². The van der Waals surface area contributed by atoms with Gasteiger partial charge in [0.25, 0.3) is 0 Å². The quantitative estimate of drug-likeness (QED) is 0.702. The van der Waals surface area contributed by atoms with Gasteiger partial charge in [0.2, 0.25) is 15.9 Å². The highest BCUT2D eigenvalue weighted by atomic mass is 32.2. The molecule has 1 aliphatic rings. The lowest BCUT2D eigenvalue weighted by Gasteiger charge is -2.34. The lowest BCUT2D eigenvalue weighted by molar-refractivity contribution is -0.131. The van der Waals surface area contributed by atoms with Crippen molar-refractivity contribution in [1.29, 1.82) is 0 Å². The summed E-state index contributed by atoms with van der Waals surface area (Å²) in [6.07, 6.45) is 0. The molecule has 1 heterocycles. The van der Waals surface area contributed by atoms with Gasteiger partial charge in [-0.25, -0.2) is 12.8 Å². The van der Waals surface area contributed by atoms with Gasteiger partial charge in [-0.3, -0.25) is 9.69 Å². The fourth-order valence-corrected chi connectivity index (χ4v) is 5.27. The van der Waals surface area contributed by atoms with Crippen LogP contribution >= 0.6 is 0 Å². The zero-order valence-electron chi connectivity index (χ0n) is 17.6. The first kappa shape index (κ1) is 22.4. The number of amides is 1. The summed E-state index contributed by atoms with van der Waals surface area (Å²) in [5.74, 6) is -0.452. The van der Waals surface area contributed by atoms with E-state index >= 15 is 0 Å². The van der Waals surface area contributed by atoms with Crippen LogP contribution in [0.15, 0.2) is 47.4 Å². The summed E-state index contributed by atoms with van der Waals surface area (Å²) in [6, 6.07) is 11.7. The Kier molecular flexibility index (Phi) is 6.90. The maximum Gasteiger partial charge on any atom is 0.243 e. The Morgan fingerprint density at radius 1 is 1.07 bits per heavy atom. The van der Waals surface area contributed by atoms with Gasteiger partial charge in [0.15, 0.2) is 0 Å². The maximum atomic E-state index is 13.8. The van der Waals surface area contributed by atoms with Crippen LogP contribution in [0.3, 0.4) is 0 Å². The molecule has 0 aromatic heterocycles. The molecule has 0 spiro atoms. The minimum absolute atomic E-state index is 0.121. The van der Waals surface area contributed by atoms with E-state index in [1.54, 1.807) is 44.3 Å². The van der Waals surface area contributed by atoms with E-state index in [0.29, 0.717) is 36.6 Å². The fourth-order valence-electron chi connectivity index (χ4n) is 3.64. The molecule has 2 aromatic carbocycles. The molecule has 8 heteroatoms. The molecule has 162 valence electrons. The van der Waals surface area contributed by atoms with E-state index in [9.17, 15) is 17.6 Å². The van der Waals surface area contributed by atoms with Crippen molar-refractivity contribution >= 4 is 15.9 Å². The smallest absolute Gasteiger partial charge is 0.243 e. The number of halogens is 1. The van der Waals surface area contributed by atoms with E-state index in [1.165, 1.54) is 15.3 Å². The molecular weight excluding hydrogens is 405 g/mol. The number of hydrogen-bond acceptors (Lipinski definition) is 4. The van der Waals surface area contributed by atoms with Crippen LogP contribution in [0.25, 0.3) is 0 Å². The van der Waals surface area contributed by atoms with Gasteiger partial charge in [-0.2, -0.15) is 4.31 Å². The van der Waals surface area contributed by atoms with Gasteiger partial charge in [0, 0.05) is 45.3 Å². The normalized spacial score (nSPS) is 15.9. The van der Waals surface area contributed by atoms with Crippen LogP contribution in [0.2, 0.25) is 0 Å². The zero-order valence-corrected chi connectivity index (χ0v) is 18.5. The average molecular weight is 434 g/mol. The Hall–Kier alpha value is -2.29. The van der Waals surface area contributed by atoms with Crippen molar-refractivity contribution in [3.05, 3.63) is 65.0 Å². The first-order valence-electron chi connectivity index (χ1n) is 9.95. The number of piperazine rings is 1. The van der Waals surface area contributed by atoms with Crippen molar-refractivity contribution in [2.75, 3.05) is 39.8 Å². The van der Waals surface area contributed by atoms with Gasteiger partial charge in [-0.05, 0) is 31.5 Å². The lowest BCUT2D eigenvalue weighted by Crippen LogP contribution is -2.51. The molecule has 0 saturated carbocycles. The Morgan fingerprint density at radius 2 is 1.73 bits per heavy atom. The van der Waals surface area contributed by atoms with Crippen LogP contribution in [-0.4, -0.2) is 68.2 Å². The average Bonchev–Trinajstić information content (AvgIpc) is 2.69. The van der Waals surface area contributed by atoms with Crippen molar-refractivity contribution in [2.24, 2.45) is 0 Å². The summed E-state index contributed by atoms with van der Waals surface area (Å²) in [5, 5.41) is 0. The van der Waals surface area contributed by atoms with Crippen molar-refractivity contribution in [2.45, 2.75) is 25.3 Å². The number of carbonyl (C=O) groups is 1. The summed E-state index contributed by atoms with van der Waals surface area (Å²) >= 11 is 0. The highest BCUT2D eigenvalue weighted by molar-refractivity contribution is 7.89. The summed E-state index contributed by atoms with van der Waals surface area (Å²) in [5.41, 5.74) is 2.23. The van der Waals surface area contributed by atoms with Crippen molar-refractivity contribution in [3.63, 3.8) is 0 Å². The number of rotatable bonds is 6. The SMILES string of the molecule is Cc1ccc(S(=O)(=O)N2CCN(CC(=O)N(C)Cc3ccccc3F)CC2)c(C)c1. The largest absolute Gasteiger partial charge is 0.340 e. The first-order valence-corrected chi connectivity index (χ1v) is 11.4. The Morgan fingerprint density at radius 3 is 2.37 bits per heavy atom. The molecule has 30 heavy (non-hydrogen) atoms. The van der Waals surface area contributed by atoms with Crippen LogP contribution in [0.4, 0.5) is 4.39 Å². The van der Waals surface area contributed by atoms with Crippen LogP contribution in [-0.2, 0) is 21.4 Å². The zero-order chi connectivity index (χ0) is 21.9. The summed E-state index contributed by atoms with van der Waals surface area (Å²) in [7, 11) is -1.91. The van der Waals surface area contributed by atoms with Gasteiger partial charge in [-0.1, -0.05) is 35.9 Å². The third-order valence-corrected chi connectivity index (χ3v) is 7.49. The minimum Gasteiger partial charge on any atom is -0.340 e. The van der Waals surface area contributed by atoms with Crippen LogP contribution in [0, 0.1) is 19.7 Å². The van der Waals surface area contributed by atoms with Gasteiger partial charge < -0.3 is 4.90 Å². The second-order valence-electron chi connectivity index (χ2n) is 7.79. The number of benzene rings is 2. The van der Waals surface area contributed by atoms with Crippen LogP contribution < -0.4 is 0 Å². The number of sulfonamides is 1. The fraction of sp³-hybridized carbons (Fsp3) is 0.409. The van der Waals surface area contributed by atoms with E-state index in [-0.39, 0.29) is 24.8 Å². The van der Waals surface area contributed by atoms with Crippen LogP contribution in [0.1, 0.15) is 16.7 Å².